The Kier molecular flexibility index (Phi) is 7.22. The van der Waals surface area contributed by atoms with Gasteiger partial charge < -0.3 is 10.2 Å². The molecule has 1 aliphatic rings. The van der Waals surface area contributed by atoms with Crippen molar-refractivity contribution in [2.24, 2.45) is 0 Å². The van der Waals surface area contributed by atoms with Gasteiger partial charge in [0.2, 0.25) is 0 Å². The summed E-state index contributed by atoms with van der Waals surface area (Å²) < 4.78 is 11.1. The van der Waals surface area contributed by atoms with Gasteiger partial charge in [-0.3, -0.25) is 4.21 Å². The first-order valence-electron chi connectivity index (χ1n) is 6.05. The van der Waals surface area contributed by atoms with Crippen LogP contribution >= 0.6 is 0 Å². The molecule has 4 heteroatoms. The van der Waals surface area contributed by atoms with Crippen molar-refractivity contribution in [1.82, 2.24) is 10.2 Å². The van der Waals surface area contributed by atoms with Crippen molar-refractivity contribution in [3.05, 3.63) is 0 Å². The van der Waals surface area contributed by atoms with Crippen LogP contribution in [0.15, 0.2) is 0 Å². The fraction of sp³-hybridized carbons (Fsp3) is 1.00. The molecule has 0 radical (unpaired) electrons. The predicted octanol–water partition coefficient (Wildman–Crippen LogP) is 0.831. The van der Waals surface area contributed by atoms with Crippen LogP contribution in [-0.4, -0.2) is 53.8 Å². The maximum Gasteiger partial charge on any atom is 0.0363 e. The Hall–Kier alpha value is 0.0700. The number of hydrogen-bond acceptors (Lipinski definition) is 3. The second kappa shape index (κ2) is 8.25. The molecule has 0 amide bonds. The monoisotopic (exact) mass is 232 g/mol. The van der Waals surface area contributed by atoms with Gasteiger partial charge in [-0.05, 0) is 33.0 Å². The minimum atomic E-state index is -0.522. The molecule has 0 aromatic rings. The van der Waals surface area contributed by atoms with Crippen LogP contribution in [0.2, 0.25) is 0 Å². The zero-order chi connectivity index (χ0) is 10.9. The summed E-state index contributed by atoms with van der Waals surface area (Å²) in [5, 5.41) is 3.17. The smallest absolute Gasteiger partial charge is 0.0363 e. The fourth-order valence-corrected chi connectivity index (χ4v) is 3.02. The quantitative estimate of drug-likeness (QED) is 0.660. The summed E-state index contributed by atoms with van der Waals surface area (Å²) in [6.07, 6.45) is 5.26. The molecule has 1 N–H and O–H groups in total. The Morgan fingerprint density at radius 1 is 1.13 bits per heavy atom. The summed E-state index contributed by atoms with van der Waals surface area (Å²) in [7, 11) is 1.49. The van der Waals surface area contributed by atoms with E-state index in [-0.39, 0.29) is 0 Å². The molecule has 0 aromatic carbocycles. The van der Waals surface area contributed by atoms with E-state index in [2.05, 4.69) is 10.2 Å². The highest BCUT2D eigenvalue weighted by molar-refractivity contribution is 7.85. The first kappa shape index (κ1) is 13.1. The summed E-state index contributed by atoms with van der Waals surface area (Å²) in [5.74, 6) is 1.78. The molecular formula is C11H24N2OS. The molecule has 1 heterocycles. The van der Waals surface area contributed by atoms with Gasteiger partial charge in [0.1, 0.15) is 0 Å². The maximum atomic E-state index is 11.1. The van der Waals surface area contributed by atoms with Crippen LogP contribution in [0.5, 0.6) is 0 Å². The zero-order valence-corrected chi connectivity index (χ0v) is 10.7. The largest absolute Gasteiger partial charge is 0.320 e. The van der Waals surface area contributed by atoms with E-state index in [9.17, 15) is 4.21 Å². The van der Waals surface area contributed by atoms with Gasteiger partial charge in [-0.1, -0.05) is 12.8 Å². The van der Waals surface area contributed by atoms with Crippen molar-refractivity contribution in [2.75, 3.05) is 44.7 Å². The summed E-state index contributed by atoms with van der Waals surface area (Å²) in [6.45, 7) is 4.44. The Morgan fingerprint density at radius 2 is 1.80 bits per heavy atom. The van der Waals surface area contributed by atoms with Gasteiger partial charge in [-0.25, -0.2) is 0 Å². The van der Waals surface area contributed by atoms with Gasteiger partial charge >= 0.3 is 0 Å². The summed E-state index contributed by atoms with van der Waals surface area (Å²) in [5.41, 5.74) is 0. The Morgan fingerprint density at radius 3 is 2.47 bits per heavy atom. The van der Waals surface area contributed by atoms with Crippen LogP contribution < -0.4 is 5.32 Å². The average molecular weight is 232 g/mol. The van der Waals surface area contributed by atoms with Gasteiger partial charge in [0.05, 0.1) is 0 Å². The molecule has 1 rings (SSSR count). The number of rotatable bonds is 7. The van der Waals surface area contributed by atoms with Gasteiger partial charge in [0.25, 0.3) is 0 Å². The van der Waals surface area contributed by atoms with Gasteiger partial charge in [0.15, 0.2) is 0 Å². The third-order valence-corrected chi connectivity index (χ3v) is 4.20. The topological polar surface area (TPSA) is 32.3 Å². The van der Waals surface area contributed by atoms with E-state index in [1.807, 2.05) is 7.05 Å². The van der Waals surface area contributed by atoms with Crippen molar-refractivity contribution < 1.29 is 4.21 Å². The third kappa shape index (κ3) is 6.28. The van der Waals surface area contributed by atoms with E-state index >= 15 is 0 Å². The van der Waals surface area contributed by atoms with E-state index in [1.165, 1.54) is 32.2 Å². The summed E-state index contributed by atoms with van der Waals surface area (Å²) in [6, 6.07) is 0. The predicted molar refractivity (Wildman–Crippen MR) is 66.7 cm³/mol. The second-order valence-electron chi connectivity index (χ2n) is 4.21. The van der Waals surface area contributed by atoms with E-state index < -0.39 is 10.8 Å². The molecule has 1 saturated heterocycles. The van der Waals surface area contributed by atoms with Crippen LogP contribution in [0.4, 0.5) is 0 Å². The summed E-state index contributed by atoms with van der Waals surface area (Å²) in [4.78, 5) is 2.46. The molecule has 0 atom stereocenters. The number of hydrogen-bond donors (Lipinski definition) is 1. The highest BCUT2D eigenvalue weighted by Gasteiger charge is 2.13. The molecule has 90 valence electrons. The molecule has 0 unspecified atom stereocenters. The lowest BCUT2D eigenvalue weighted by atomic mass is 10.2. The van der Waals surface area contributed by atoms with Crippen molar-refractivity contribution in [3.63, 3.8) is 0 Å². The molecule has 0 saturated carbocycles. The standard InChI is InChI=1S/C11H24N2OS/c1-12-6-4-2-3-5-7-13-8-10-15(14)11-9-13/h12H,2-11H2,1H3. The number of nitrogens with zero attached hydrogens (tertiary/aromatic N) is 1. The lowest BCUT2D eigenvalue weighted by molar-refractivity contribution is 0.291. The molecule has 1 aliphatic heterocycles. The highest BCUT2D eigenvalue weighted by Crippen LogP contribution is 2.04. The molecule has 0 spiro atoms. The van der Waals surface area contributed by atoms with Crippen molar-refractivity contribution in [3.8, 4) is 0 Å². The second-order valence-corrected chi connectivity index (χ2v) is 5.90. The highest BCUT2D eigenvalue weighted by atomic mass is 32.2. The van der Waals surface area contributed by atoms with E-state index in [1.54, 1.807) is 0 Å². The average Bonchev–Trinajstić information content (AvgIpc) is 2.26. The maximum absolute atomic E-state index is 11.1. The first-order chi connectivity index (χ1) is 7.33. The fourth-order valence-electron chi connectivity index (χ4n) is 1.89. The molecule has 15 heavy (non-hydrogen) atoms. The van der Waals surface area contributed by atoms with Gasteiger partial charge in [-0.2, -0.15) is 0 Å². The Bertz CT molecular complexity index is 177. The van der Waals surface area contributed by atoms with E-state index in [0.29, 0.717) is 0 Å². The molecule has 3 nitrogen and oxygen atoms in total. The van der Waals surface area contributed by atoms with Crippen molar-refractivity contribution in [1.29, 1.82) is 0 Å². The molecule has 0 aromatic heterocycles. The van der Waals surface area contributed by atoms with Crippen molar-refractivity contribution >= 4 is 10.8 Å². The normalized spacial score (nSPS) is 19.5. The molecule has 0 bridgehead atoms. The van der Waals surface area contributed by atoms with Crippen LogP contribution in [-0.2, 0) is 10.8 Å². The molecule has 0 aliphatic carbocycles. The minimum absolute atomic E-state index is 0.522. The lowest BCUT2D eigenvalue weighted by Crippen LogP contribution is -2.38. The van der Waals surface area contributed by atoms with E-state index in [0.717, 1.165) is 31.1 Å². The molecular weight excluding hydrogens is 208 g/mol. The van der Waals surface area contributed by atoms with Crippen LogP contribution in [0, 0.1) is 0 Å². The van der Waals surface area contributed by atoms with Crippen LogP contribution in [0.1, 0.15) is 25.7 Å². The van der Waals surface area contributed by atoms with E-state index in [4.69, 9.17) is 0 Å². The van der Waals surface area contributed by atoms with Gasteiger partial charge in [0, 0.05) is 35.4 Å². The minimum Gasteiger partial charge on any atom is -0.320 e. The van der Waals surface area contributed by atoms with Gasteiger partial charge in [-0.15, -0.1) is 0 Å². The first-order valence-corrected chi connectivity index (χ1v) is 7.53. The van der Waals surface area contributed by atoms with Crippen LogP contribution in [0.25, 0.3) is 0 Å². The summed E-state index contributed by atoms with van der Waals surface area (Å²) >= 11 is 0. The zero-order valence-electron chi connectivity index (χ0n) is 9.83. The third-order valence-electron chi connectivity index (χ3n) is 2.92. The Balaban J connectivity index is 1.89. The van der Waals surface area contributed by atoms with Crippen LogP contribution in [0.3, 0.4) is 0 Å². The lowest BCUT2D eigenvalue weighted by Gasteiger charge is -2.25. The SMILES string of the molecule is CNCCCCCCN1CCS(=O)CC1. The molecule has 1 fully saturated rings. The number of nitrogens with one attached hydrogen (secondary N) is 1. The van der Waals surface area contributed by atoms with Crippen molar-refractivity contribution in [2.45, 2.75) is 25.7 Å². The number of unbranched alkanes of at least 4 members (excludes halogenated alkanes) is 3. The Labute approximate surface area is 96.1 Å².